The largest absolute Gasteiger partial charge is 0.339 e. The van der Waals surface area contributed by atoms with Gasteiger partial charge in [0.05, 0.1) is 10.8 Å². The van der Waals surface area contributed by atoms with Crippen LogP contribution < -0.4 is 11.1 Å². The Hall–Kier alpha value is -2.71. The van der Waals surface area contributed by atoms with Crippen LogP contribution in [0.2, 0.25) is 0 Å². The highest BCUT2D eigenvalue weighted by atomic mass is 32.1. The van der Waals surface area contributed by atoms with Crippen molar-refractivity contribution in [3.63, 3.8) is 0 Å². The second-order valence-electron chi connectivity index (χ2n) is 6.67. The first-order valence-electron chi connectivity index (χ1n) is 8.85. The van der Waals surface area contributed by atoms with Gasteiger partial charge in [0.25, 0.3) is 11.1 Å². The second kappa shape index (κ2) is 7.50. The molecule has 3 heterocycles. The van der Waals surface area contributed by atoms with E-state index in [1.165, 1.54) is 5.56 Å². The first kappa shape index (κ1) is 17.7. The Bertz CT molecular complexity index is 1060. The summed E-state index contributed by atoms with van der Waals surface area (Å²) in [5.41, 5.74) is 0.577. The van der Waals surface area contributed by atoms with Crippen LogP contribution in [0.1, 0.15) is 5.56 Å². The van der Waals surface area contributed by atoms with Crippen molar-refractivity contribution in [2.75, 3.05) is 26.2 Å². The predicted octanol–water partition coefficient (Wildman–Crippen LogP) is 1.10. The minimum Gasteiger partial charge on any atom is -0.339 e. The predicted molar refractivity (Wildman–Crippen MR) is 105 cm³/mol. The van der Waals surface area contributed by atoms with Crippen molar-refractivity contribution in [1.82, 2.24) is 19.6 Å². The van der Waals surface area contributed by atoms with Crippen molar-refractivity contribution in [3.05, 3.63) is 67.4 Å². The van der Waals surface area contributed by atoms with Crippen LogP contribution in [-0.2, 0) is 17.9 Å². The van der Waals surface area contributed by atoms with Crippen LogP contribution >= 0.6 is 11.3 Å². The van der Waals surface area contributed by atoms with Gasteiger partial charge in [-0.3, -0.25) is 24.4 Å². The Balaban J connectivity index is 1.43. The lowest BCUT2D eigenvalue weighted by atomic mass is 10.2. The fraction of sp³-hybridized carbons (Fsp3) is 0.316. The molecule has 1 aromatic carbocycles. The lowest BCUT2D eigenvalue weighted by Gasteiger charge is -2.34. The van der Waals surface area contributed by atoms with E-state index in [4.69, 9.17) is 0 Å². The summed E-state index contributed by atoms with van der Waals surface area (Å²) >= 11 is 1.69. The molecule has 0 radical (unpaired) electrons. The monoisotopic (exact) mass is 384 g/mol. The van der Waals surface area contributed by atoms with Crippen LogP contribution in [0.25, 0.3) is 10.8 Å². The number of hydrogen-bond donors (Lipinski definition) is 1. The number of H-pyrrole nitrogens is 1. The summed E-state index contributed by atoms with van der Waals surface area (Å²) in [7, 11) is 0. The van der Waals surface area contributed by atoms with Gasteiger partial charge in [-0.2, -0.15) is 11.3 Å². The molecule has 1 saturated heterocycles. The topological polar surface area (TPSA) is 78.4 Å². The molecule has 0 aliphatic carbocycles. The van der Waals surface area contributed by atoms with E-state index in [0.717, 1.165) is 24.3 Å². The van der Waals surface area contributed by atoms with Gasteiger partial charge in [0.15, 0.2) is 0 Å². The Morgan fingerprint density at radius 2 is 1.78 bits per heavy atom. The van der Waals surface area contributed by atoms with Gasteiger partial charge in [0.1, 0.15) is 6.54 Å². The second-order valence-corrected chi connectivity index (χ2v) is 7.45. The molecule has 0 bridgehead atoms. The van der Waals surface area contributed by atoms with Crippen molar-refractivity contribution in [2.24, 2.45) is 0 Å². The molecule has 0 atom stereocenters. The van der Waals surface area contributed by atoms with Gasteiger partial charge >= 0.3 is 0 Å². The smallest absolute Gasteiger partial charge is 0.273 e. The molecule has 8 heteroatoms. The average molecular weight is 384 g/mol. The number of benzene rings is 1. The summed E-state index contributed by atoms with van der Waals surface area (Å²) in [6, 6.07) is 8.75. The number of carbonyl (C=O) groups excluding carboxylic acids is 1. The first-order valence-corrected chi connectivity index (χ1v) is 9.79. The van der Waals surface area contributed by atoms with Crippen LogP contribution in [0.5, 0.6) is 0 Å². The highest BCUT2D eigenvalue weighted by Crippen LogP contribution is 2.12. The summed E-state index contributed by atoms with van der Waals surface area (Å²) in [4.78, 5) is 41.4. The third-order valence-electron chi connectivity index (χ3n) is 4.89. The van der Waals surface area contributed by atoms with Crippen molar-refractivity contribution in [3.8, 4) is 0 Å². The number of thiophene rings is 1. The van der Waals surface area contributed by atoms with Crippen molar-refractivity contribution >= 4 is 28.0 Å². The van der Waals surface area contributed by atoms with Crippen LogP contribution in [0.4, 0.5) is 0 Å². The summed E-state index contributed by atoms with van der Waals surface area (Å²) in [5.74, 6) is -0.154. The minimum absolute atomic E-state index is 0.149. The van der Waals surface area contributed by atoms with Crippen LogP contribution in [0, 0.1) is 0 Å². The van der Waals surface area contributed by atoms with E-state index in [1.54, 1.807) is 40.5 Å². The van der Waals surface area contributed by atoms with E-state index in [2.05, 4.69) is 26.8 Å². The highest BCUT2D eigenvalue weighted by molar-refractivity contribution is 7.07. The van der Waals surface area contributed by atoms with Gasteiger partial charge in [-0.25, -0.2) is 4.68 Å². The molecule has 1 fully saturated rings. The third kappa shape index (κ3) is 3.72. The fourth-order valence-corrected chi connectivity index (χ4v) is 4.05. The van der Waals surface area contributed by atoms with E-state index in [9.17, 15) is 14.4 Å². The Morgan fingerprint density at radius 1 is 1.04 bits per heavy atom. The molecule has 0 unspecified atom stereocenters. The summed E-state index contributed by atoms with van der Waals surface area (Å²) in [5, 5.41) is 7.39. The quantitative estimate of drug-likeness (QED) is 0.731. The van der Waals surface area contributed by atoms with Gasteiger partial charge in [-0.1, -0.05) is 12.1 Å². The maximum Gasteiger partial charge on any atom is 0.273 e. The van der Waals surface area contributed by atoms with Crippen LogP contribution in [0.3, 0.4) is 0 Å². The maximum absolute atomic E-state index is 12.6. The van der Waals surface area contributed by atoms with Crippen LogP contribution in [-0.4, -0.2) is 51.7 Å². The molecule has 1 N–H and O–H groups in total. The standard InChI is InChI=1S/C19H20N4O3S/c24-17(22-8-6-21(7-9-22)11-14-5-10-27-13-14)12-23-19(26)16-4-2-1-3-15(16)18(25)20-23/h1-5,10,13H,6-9,11-12H2,(H,20,25). The lowest BCUT2D eigenvalue weighted by molar-refractivity contribution is -0.133. The molecule has 7 nitrogen and oxygen atoms in total. The van der Waals surface area contributed by atoms with E-state index < -0.39 is 0 Å². The molecule has 140 valence electrons. The zero-order valence-electron chi connectivity index (χ0n) is 14.8. The lowest BCUT2D eigenvalue weighted by Crippen LogP contribution is -2.50. The maximum atomic E-state index is 12.6. The zero-order chi connectivity index (χ0) is 18.8. The van der Waals surface area contributed by atoms with Crippen molar-refractivity contribution < 1.29 is 4.79 Å². The molecule has 2 aromatic heterocycles. The molecule has 1 amide bonds. The number of hydrogen-bond acceptors (Lipinski definition) is 5. The highest BCUT2D eigenvalue weighted by Gasteiger charge is 2.22. The molecular weight excluding hydrogens is 364 g/mol. The van der Waals surface area contributed by atoms with Gasteiger partial charge in [-0.15, -0.1) is 0 Å². The van der Waals surface area contributed by atoms with Crippen molar-refractivity contribution in [2.45, 2.75) is 13.1 Å². The number of nitrogens with one attached hydrogen (secondary N) is 1. The van der Waals surface area contributed by atoms with E-state index in [1.807, 2.05) is 0 Å². The Kier molecular flexibility index (Phi) is 4.91. The molecule has 0 saturated carbocycles. The molecule has 1 aliphatic heterocycles. The number of carbonyl (C=O) groups is 1. The first-order chi connectivity index (χ1) is 13.1. The number of aromatic amines is 1. The molecule has 4 rings (SSSR count). The summed E-state index contributed by atoms with van der Waals surface area (Å²) < 4.78 is 1.12. The van der Waals surface area contributed by atoms with Crippen molar-refractivity contribution in [1.29, 1.82) is 0 Å². The van der Waals surface area contributed by atoms with Gasteiger partial charge < -0.3 is 4.90 Å². The van der Waals surface area contributed by atoms with E-state index in [-0.39, 0.29) is 23.6 Å². The Morgan fingerprint density at radius 3 is 2.48 bits per heavy atom. The SMILES string of the molecule is O=C(Cn1[nH]c(=O)c2ccccc2c1=O)N1CCN(Cc2ccsc2)CC1. The molecule has 0 spiro atoms. The summed E-state index contributed by atoms with van der Waals surface area (Å²) in [6.07, 6.45) is 0. The van der Waals surface area contributed by atoms with Gasteiger partial charge in [-0.05, 0) is 34.5 Å². The Labute approximate surface area is 159 Å². The normalized spacial score (nSPS) is 15.3. The molecule has 1 aliphatic rings. The average Bonchev–Trinajstić information content (AvgIpc) is 3.19. The molecule has 27 heavy (non-hydrogen) atoms. The number of amides is 1. The number of aromatic nitrogens is 2. The fourth-order valence-electron chi connectivity index (χ4n) is 3.39. The van der Waals surface area contributed by atoms with E-state index >= 15 is 0 Å². The van der Waals surface area contributed by atoms with Gasteiger partial charge in [0, 0.05) is 32.7 Å². The van der Waals surface area contributed by atoms with Crippen LogP contribution in [0.15, 0.2) is 50.7 Å². The third-order valence-corrected chi connectivity index (χ3v) is 5.62. The minimum atomic E-state index is -0.362. The number of nitrogens with zero attached hydrogens (tertiary/aromatic N) is 3. The zero-order valence-corrected chi connectivity index (χ0v) is 15.6. The molecular formula is C19H20N4O3S. The van der Waals surface area contributed by atoms with E-state index in [0.29, 0.717) is 23.9 Å². The number of rotatable bonds is 4. The number of piperazine rings is 1. The summed E-state index contributed by atoms with van der Waals surface area (Å²) in [6.45, 7) is 3.58. The molecule has 3 aromatic rings. The van der Waals surface area contributed by atoms with Gasteiger partial charge in [0.2, 0.25) is 5.91 Å². The number of fused-ring (bicyclic) bond motifs is 1.